The van der Waals surface area contributed by atoms with Crippen LogP contribution < -0.4 is 0 Å². The molecule has 0 aromatic heterocycles. The van der Waals surface area contributed by atoms with Gasteiger partial charge in [-0.2, -0.15) is 0 Å². The molecule has 0 aromatic rings. The molecule has 0 atom stereocenters. The van der Waals surface area contributed by atoms with Crippen LogP contribution in [0.15, 0.2) is 11.8 Å². The highest BCUT2D eigenvalue weighted by atomic mass is 16.5. The van der Waals surface area contributed by atoms with Crippen LogP contribution in [0.25, 0.3) is 0 Å². The molecule has 1 nitrogen and oxygen atoms in total. The lowest BCUT2D eigenvalue weighted by atomic mass is 10.3. The Kier molecular flexibility index (Phi) is 0.833. The van der Waals surface area contributed by atoms with Crippen molar-refractivity contribution in [3.05, 3.63) is 11.8 Å². The van der Waals surface area contributed by atoms with Gasteiger partial charge < -0.3 is 4.74 Å². The maximum Gasteiger partial charge on any atom is 0.0952 e. The van der Waals surface area contributed by atoms with E-state index in [4.69, 9.17) is 4.74 Å². The van der Waals surface area contributed by atoms with Gasteiger partial charge in [0.25, 0.3) is 0 Å². The summed E-state index contributed by atoms with van der Waals surface area (Å²) in [6.45, 7) is 0.936. The fourth-order valence-electron chi connectivity index (χ4n) is 1.09. The summed E-state index contributed by atoms with van der Waals surface area (Å²) in [5.41, 5.74) is 0. The van der Waals surface area contributed by atoms with Crippen molar-refractivity contribution >= 4 is 0 Å². The van der Waals surface area contributed by atoms with Gasteiger partial charge in [-0.15, -0.1) is 0 Å². The molecule has 2 aliphatic rings. The van der Waals surface area contributed by atoms with Crippen molar-refractivity contribution in [1.29, 1.82) is 0 Å². The van der Waals surface area contributed by atoms with Gasteiger partial charge in [0.05, 0.1) is 12.4 Å². The van der Waals surface area contributed by atoms with Gasteiger partial charge >= 0.3 is 0 Å². The van der Waals surface area contributed by atoms with Crippen LogP contribution in [0.1, 0.15) is 19.3 Å². The number of rotatable bonds is 1. The first-order valence-electron chi connectivity index (χ1n) is 3.29. The highest BCUT2D eigenvalue weighted by Crippen LogP contribution is 2.38. The minimum Gasteiger partial charge on any atom is -0.498 e. The number of allylic oxidation sites excluding steroid dienone is 1. The molecule has 1 aliphatic heterocycles. The highest BCUT2D eigenvalue weighted by Gasteiger charge is 2.28. The molecule has 1 heteroatoms. The molecule has 0 spiro atoms. The molecule has 0 aromatic carbocycles. The number of ether oxygens (including phenoxy) is 1. The van der Waals surface area contributed by atoms with Gasteiger partial charge in [0.2, 0.25) is 0 Å². The van der Waals surface area contributed by atoms with E-state index in [1.165, 1.54) is 18.6 Å². The lowest BCUT2D eigenvalue weighted by Crippen LogP contribution is -1.85. The maximum absolute atomic E-state index is 5.34. The van der Waals surface area contributed by atoms with Crippen LogP contribution in [0, 0.1) is 5.92 Å². The number of hydrogen-bond donors (Lipinski definition) is 0. The molecule has 2 rings (SSSR count). The van der Waals surface area contributed by atoms with Crippen molar-refractivity contribution in [2.45, 2.75) is 19.3 Å². The third-order valence-corrected chi connectivity index (χ3v) is 1.71. The standard InChI is InChI=1S/C7H10O/c1-2-7(8-5-1)6-3-4-6/h2,6H,1,3-5H2. The normalized spacial score (nSPS) is 27.2. The Morgan fingerprint density at radius 2 is 2.38 bits per heavy atom. The summed E-state index contributed by atoms with van der Waals surface area (Å²) < 4.78 is 5.34. The van der Waals surface area contributed by atoms with Crippen molar-refractivity contribution in [3.63, 3.8) is 0 Å². The van der Waals surface area contributed by atoms with Gasteiger partial charge in [0, 0.05) is 12.3 Å². The Bertz CT molecular complexity index is 122. The SMILES string of the molecule is C1=C(C2CC2)OCC1. The van der Waals surface area contributed by atoms with Crippen LogP contribution in [0.5, 0.6) is 0 Å². The molecule has 44 valence electrons. The van der Waals surface area contributed by atoms with Crippen LogP contribution in [0.2, 0.25) is 0 Å². The van der Waals surface area contributed by atoms with E-state index < -0.39 is 0 Å². The second kappa shape index (κ2) is 1.51. The summed E-state index contributed by atoms with van der Waals surface area (Å²) in [5, 5.41) is 0. The number of hydrogen-bond acceptors (Lipinski definition) is 1. The van der Waals surface area contributed by atoms with E-state index in [0.717, 1.165) is 18.9 Å². The van der Waals surface area contributed by atoms with Crippen LogP contribution in [0.3, 0.4) is 0 Å². The second-order valence-electron chi connectivity index (χ2n) is 2.52. The second-order valence-corrected chi connectivity index (χ2v) is 2.52. The van der Waals surface area contributed by atoms with E-state index in [0.29, 0.717) is 0 Å². The van der Waals surface area contributed by atoms with E-state index in [9.17, 15) is 0 Å². The molecule has 1 saturated carbocycles. The van der Waals surface area contributed by atoms with Gasteiger partial charge in [0.1, 0.15) is 0 Å². The lowest BCUT2D eigenvalue weighted by molar-refractivity contribution is 0.229. The Morgan fingerprint density at radius 3 is 2.88 bits per heavy atom. The lowest BCUT2D eigenvalue weighted by Gasteiger charge is -1.97. The van der Waals surface area contributed by atoms with Crippen LogP contribution in [0.4, 0.5) is 0 Å². The van der Waals surface area contributed by atoms with Crippen LogP contribution >= 0.6 is 0 Å². The minimum absolute atomic E-state index is 0.831. The Morgan fingerprint density at radius 1 is 1.50 bits per heavy atom. The van der Waals surface area contributed by atoms with E-state index in [2.05, 4.69) is 6.08 Å². The van der Waals surface area contributed by atoms with E-state index in [-0.39, 0.29) is 0 Å². The largest absolute Gasteiger partial charge is 0.498 e. The summed E-state index contributed by atoms with van der Waals surface area (Å²) >= 11 is 0. The molecule has 8 heavy (non-hydrogen) atoms. The summed E-state index contributed by atoms with van der Waals surface area (Å²) in [7, 11) is 0. The minimum atomic E-state index is 0.831. The third kappa shape index (κ3) is 0.623. The molecule has 1 aliphatic carbocycles. The van der Waals surface area contributed by atoms with Crippen molar-refractivity contribution in [3.8, 4) is 0 Å². The molecule has 1 heterocycles. The fraction of sp³-hybridized carbons (Fsp3) is 0.714. The van der Waals surface area contributed by atoms with Crippen molar-refractivity contribution in [1.82, 2.24) is 0 Å². The van der Waals surface area contributed by atoms with Gasteiger partial charge in [-0.3, -0.25) is 0 Å². The average molecular weight is 110 g/mol. The van der Waals surface area contributed by atoms with Crippen molar-refractivity contribution in [2.75, 3.05) is 6.61 Å². The summed E-state index contributed by atoms with van der Waals surface area (Å²) in [6.07, 6.45) is 6.11. The van der Waals surface area contributed by atoms with E-state index >= 15 is 0 Å². The van der Waals surface area contributed by atoms with E-state index in [1.807, 2.05) is 0 Å². The topological polar surface area (TPSA) is 9.23 Å². The predicted octanol–water partition coefficient (Wildman–Crippen LogP) is 1.70. The molecular weight excluding hydrogens is 100 g/mol. The predicted molar refractivity (Wildman–Crippen MR) is 31.4 cm³/mol. The molecule has 0 N–H and O–H groups in total. The van der Waals surface area contributed by atoms with Gasteiger partial charge in [-0.05, 0) is 18.9 Å². The third-order valence-electron chi connectivity index (χ3n) is 1.71. The first-order chi connectivity index (χ1) is 3.97. The zero-order valence-electron chi connectivity index (χ0n) is 4.89. The van der Waals surface area contributed by atoms with E-state index in [1.54, 1.807) is 0 Å². The monoisotopic (exact) mass is 110 g/mol. The Labute approximate surface area is 49.3 Å². The van der Waals surface area contributed by atoms with Gasteiger partial charge in [-0.1, -0.05) is 0 Å². The molecule has 0 radical (unpaired) electrons. The summed E-state index contributed by atoms with van der Waals surface area (Å²) in [6, 6.07) is 0. The quantitative estimate of drug-likeness (QED) is 0.499. The highest BCUT2D eigenvalue weighted by molar-refractivity contribution is 5.08. The van der Waals surface area contributed by atoms with Gasteiger partial charge in [-0.25, -0.2) is 0 Å². The Hall–Kier alpha value is -0.460. The van der Waals surface area contributed by atoms with Crippen LogP contribution in [-0.2, 0) is 4.74 Å². The molecule has 0 saturated heterocycles. The molecule has 1 fully saturated rings. The zero-order chi connectivity index (χ0) is 5.40. The zero-order valence-corrected chi connectivity index (χ0v) is 4.89. The van der Waals surface area contributed by atoms with Crippen molar-refractivity contribution in [2.24, 2.45) is 5.92 Å². The Balaban J connectivity index is 2.02. The fourth-order valence-corrected chi connectivity index (χ4v) is 1.09. The molecule has 0 unspecified atom stereocenters. The van der Waals surface area contributed by atoms with Gasteiger partial charge in [0.15, 0.2) is 0 Å². The smallest absolute Gasteiger partial charge is 0.0952 e. The first kappa shape index (κ1) is 4.42. The molecule has 0 amide bonds. The van der Waals surface area contributed by atoms with Crippen molar-refractivity contribution < 1.29 is 4.74 Å². The summed E-state index contributed by atoms with van der Waals surface area (Å²) in [5.74, 6) is 2.11. The molecule has 0 bridgehead atoms. The average Bonchev–Trinajstić information content (AvgIpc) is 2.49. The maximum atomic E-state index is 5.34. The first-order valence-corrected chi connectivity index (χ1v) is 3.29. The van der Waals surface area contributed by atoms with Crippen LogP contribution in [-0.4, -0.2) is 6.61 Å². The molecular formula is C7H10O. The summed E-state index contributed by atoms with van der Waals surface area (Å²) in [4.78, 5) is 0.